The lowest BCUT2D eigenvalue weighted by Crippen LogP contribution is -2.36. The Labute approximate surface area is 120 Å². The average Bonchev–Trinajstić information content (AvgIpc) is 2.42. The van der Waals surface area contributed by atoms with Crippen molar-refractivity contribution in [1.82, 2.24) is 4.90 Å². The van der Waals surface area contributed by atoms with E-state index in [9.17, 15) is 18.4 Å². The standard InChI is InChI=1S/C13H16F2N2O4/c1-2-17(4-3-5-18)13(21)16-11-6-8(12(19)20)9(14)7-10(11)15/h6-7,18H,2-5H2,1H3,(H,16,21)(H,19,20). The minimum atomic E-state index is -1.56. The van der Waals surface area contributed by atoms with E-state index in [1.54, 1.807) is 6.92 Å². The van der Waals surface area contributed by atoms with Gasteiger partial charge in [0.05, 0.1) is 11.3 Å². The summed E-state index contributed by atoms with van der Waals surface area (Å²) < 4.78 is 26.8. The van der Waals surface area contributed by atoms with E-state index in [0.717, 1.165) is 6.07 Å². The number of aliphatic hydroxyl groups excluding tert-OH is 1. The van der Waals surface area contributed by atoms with Crippen LogP contribution < -0.4 is 5.32 Å². The Kier molecular flexibility index (Phi) is 6.04. The number of carboxylic acid groups (broad SMARTS) is 1. The van der Waals surface area contributed by atoms with Gasteiger partial charge in [0.25, 0.3) is 0 Å². The zero-order valence-electron chi connectivity index (χ0n) is 11.4. The minimum absolute atomic E-state index is 0.0994. The van der Waals surface area contributed by atoms with Crippen molar-refractivity contribution in [2.75, 3.05) is 25.0 Å². The molecule has 21 heavy (non-hydrogen) atoms. The van der Waals surface area contributed by atoms with Gasteiger partial charge in [0, 0.05) is 25.8 Å². The van der Waals surface area contributed by atoms with Crippen molar-refractivity contribution in [1.29, 1.82) is 0 Å². The van der Waals surface area contributed by atoms with Crippen molar-refractivity contribution >= 4 is 17.7 Å². The summed E-state index contributed by atoms with van der Waals surface area (Å²) in [5.74, 6) is -3.84. The number of benzene rings is 1. The maximum Gasteiger partial charge on any atom is 0.338 e. The Balaban J connectivity index is 2.93. The van der Waals surface area contributed by atoms with E-state index in [1.807, 2.05) is 0 Å². The van der Waals surface area contributed by atoms with E-state index in [1.165, 1.54) is 4.90 Å². The molecule has 0 aliphatic heterocycles. The number of hydrogen-bond acceptors (Lipinski definition) is 3. The van der Waals surface area contributed by atoms with Crippen LogP contribution in [0.4, 0.5) is 19.3 Å². The molecule has 1 aromatic rings. The van der Waals surface area contributed by atoms with Gasteiger partial charge in [-0.05, 0) is 19.4 Å². The van der Waals surface area contributed by atoms with Gasteiger partial charge in [-0.25, -0.2) is 18.4 Å². The molecule has 2 amide bonds. The summed E-state index contributed by atoms with van der Waals surface area (Å²) in [5.41, 5.74) is -1.15. The molecule has 8 heteroatoms. The minimum Gasteiger partial charge on any atom is -0.478 e. The molecule has 1 rings (SSSR count). The highest BCUT2D eigenvalue weighted by atomic mass is 19.1. The highest BCUT2D eigenvalue weighted by Gasteiger charge is 2.18. The van der Waals surface area contributed by atoms with Crippen molar-refractivity contribution in [3.05, 3.63) is 29.3 Å². The number of rotatable bonds is 6. The number of hydrogen-bond donors (Lipinski definition) is 3. The third kappa shape index (κ3) is 4.38. The second-order valence-corrected chi connectivity index (χ2v) is 4.20. The molecule has 0 aromatic heterocycles. The number of aliphatic hydroxyl groups is 1. The number of urea groups is 1. The van der Waals surface area contributed by atoms with Crippen molar-refractivity contribution in [2.24, 2.45) is 0 Å². The van der Waals surface area contributed by atoms with Crippen LogP contribution in [0.1, 0.15) is 23.7 Å². The topological polar surface area (TPSA) is 89.9 Å². The van der Waals surface area contributed by atoms with Gasteiger partial charge < -0.3 is 20.4 Å². The van der Waals surface area contributed by atoms with Crippen LogP contribution in [-0.2, 0) is 0 Å². The van der Waals surface area contributed by atoms with E-state index >= 15 is 0 Å². The SMILES string of the molecule is CCN(CCCO)C(=O)Nc1cc(C(=O)O)c(F)cc1F. The summed E-state index contributed by atoms with van der Waals surface area (Å²) in [6.07, 6.45) is 0.355. The third-order valence-electron chi connectivity index (χ3n) is 2.78. The van der Waals surface area contributed by atoms with Crippen LogP contribution in [0.2, 0.25) is 0 Å². The number of anilines is 1. The fourth-order valence-electron chi connectivity index (χ4n) is 1.67. The first-order valence-corrected chi connectivity index (χ1v) is 6.29. The largest absolute Gasteiger partial charge is 0.478 e. The molecule has 0 saturated heterocycles. The van der Waals surface area contributed by atoms with Crippen LogP contribution in [0.25, 0.3) is 0 Å². The molecule has 0 bridgehead atoms. The molecule has 0 spiro atoms. The molecule has 0 atom stereocenters. The molecule has 0 aliphatic carbocycles. The number of nitrogens with one attached hydrogen (secondary N) is 1. The van der Waals surface area contributed by atoms with Gasteiger partial charge >= 0.3 is 12.0 Å². The summed E-state index contributed by atoms with van der Waals surface area (Å²) in [6.45, 7) is 2.17. The monoisotopic (exact) mass is 302 g/mol. The van der Waals surface area contributed by atoms with E-state index < -0.39 is 34.9 Å². The lowest BCUT2D eigenvalue weighted by atomic mass is 10.2. The highest BCUT2D eigenvalue weighted by Crippen LogP contribution is 2.20. The zero-order chi connectivity index (χ0) is 16.0. The molecule has 0 saturated carbocycles. The number of aromatic carboxylic acids is 1. The predicted molar refractivity (Wildman–Crippen MR) is 71.3 cm³/mol. The normalized spacial score (nSPS) is 10.3. The third-order valence-corrected chi connectivity index (χ3v) is 2.78. The highest BCUT2D eigenvalue weighted by molar-refractivity contribution is 5.93. The number of carboxylic acids is 1. The van der Waals surface area contributed by atoms with Crippen LogP contribution in [0.5, 0.6) is 0 Å². The lowest BCUT2D eigenvalue weighted by molar-refractivity contribution is 0.0691. The molecule has 0 aliphatic rings. The average molecular weight is 302 g/mol. The molecular formula is C13H16F2N2O4. The van der Waals surface area contributed by atoms with Crippen molar-refractivity contribution in [3.63, 3.8) is 0 Å². The van der Waals surface area contributed by atoms with Crippen LogP contribution >= 0.6 is 0 Å². The van der Waals surface area contributed by atoms with Gasteiger partial charge in [0.15, 0.2) is 0 Å². The predicted octanol–water partition coefficient (Wildman–Crippen LogP) is 1.90. The molecule has 1 aromatic carbocycles. The first kappa shape index (κ1) is 16.8. The van der Waals surface area contributed by atoms with Crippen LogP contribution in [0.3, 0.4) is 0 Å². The van der Waals surface area contributed by atoms with Crippen molar-refractivity contribution in [3.8, 4) is 0 Å². The fourth-order valence-corrected chi connectivity index (χ4v) is 1.67. The first-order valence-electron chi connectivity index (χ1n) is 6.29. The van der Waals surface area contributed by atoms with Crippen molar-refractivity contribution < 1.29 is 28.6 Å². The summed E-state index contributed by atoms with van der Waals surface area (Å²) in [5, 5.41) is 19.7. The first-order chi connectivity index (χ1) is 9.90. The van der Waals surface area contributed by atoms with E-state index in [4.69, 9.17) is 10.2 Å². The summed E-state index contributed by atoms with van der Waals surface area (Å²) >= 11 is 0. The second-order valence-electron chi connectivity index (χ2n) is 4.20. The van der Waals surface area contributed by atoms with Crippen LogP contribution in [0.15, 0.2) is 12.1 Å². The van der Waals surface area contributed by atoms with Gasteiger partial charge in [-0.2, -0.15) is 0 Å². The van der Waals surface area contributed by atoms with E-state index in [-0.39, 0.29) is 13.2 Å². The van der Waals surface area contributed by atoms with Crippen LogP contribution in [-0.4, -0.2) is 46.8 Å². The fraction of sp³-hybridized carbons (Fsp3) is 0.385. The Hall–Kier alpha value is -2.22. The van der Waals surface area contributed by atoms with Crippen molar-refractivity contribution in [2.45, 2.75) is 13.3 Å². The Morgan fingerprint density at radius 1 is 1.29 bits per heavy atom. The molecule has 0 fully saturated rings. The molecule has 0 heterocycles. The molecular weight excluding hydrogens is 286 g/mol. The van der Waals surface area contributed by atoms with Gasteiger partial charge in [-0.3, -0.25) is 0 Å². The lowest BCUT2D eigenvalue weighted by Gasteiger charge is -2.21. The number of halogens is 2. The molecule has 0 radical (unpaired) electrons. The van der Waals surface area contributed by atoms with E-state index in [2.05, 4.69) is 5.32 Å². The molecule has 116 valence electrons. The molecule has 6 nitrogen and oxygen atoms in total. The number of carbonyl (C=O) groups excluding carboxylic acids is 1. The summed E-state index contributed by atoms with van der Waals surface area (Å²) in [4.78, 5) is 24.0. The van der Waals surface area contributed by atoms with Crippen LogP contribution in [0, 0.1) is 11.6 Å². The molecule has 3 N–H and O–H groups in total. The number of nitrogens with zero attached hydrogens (tertiary/aromatic N) is 1. The second kappa shape index (κ2) is 7.53. The van der Waals surface area contributed by atoms with Gasteiger partial charge in [0.2, 0.25) is 0 Å². The molecule has 0 unspecified atom stereocenters. The smallest absolute Gasteiger partial charge is 0.338 e. The maximum absolute atomic E-state index is 13.6. The van der Waals surface area contributed by atoms with Gasteiger partial charge in [-0.15, -0.1) is 0 Å². The summed E-state index contributed by atoms with van der Waals surface area (Å²) in [7, 11) is 0. The maximum atomic E-state index is 13.6. The Morgan fingerprint density at radius 2 is 1.95 bits per heavy atom. The van der Waals surface area contributed by atoms with Gasteiger partial charge in [0.1, 0.15) is 11.6 Å². The Bertz CT molecular complexity index is 537. The quantitative estimate of drug-likeness (QED) is 0.748. The van der Waals surface area contributed by atoms with E-state index in [0.29, 0.717) is 19.0 Å². The Morgan fingerprint density at radius 3 is 2.48 bits per heavy atom. The number of amides is 2. The summed E-state index contributed by atoms with van der Waals surface area (Å²) in [6, 6.07) is 0.473. The van der Waals surface area contributed by atoms with Gasteiger partial charge in [-0.1, -0.05) is 0 Å². The zero-order valence-corrected chi connectivity index (χ0v) is 11.4. The number of carbonyl (C=O) groups is 2.